The molecule has 28 heavy (non-hydrogen) atoms. The maximum Gasteiger partial charge on any atom is 0.0632 e. The van der Waals surface area contributed by atoms with E-state index >= 15 is 0 Å². The molecule has 138 valence electrons. The third-order valence-corrected chi connectivity index (χ3v) is 5.26. The molecule has 0 aliphatic rings. The average Bonchev–Trinajstić information content (AvgIpc) is 2.75. The molecule has 0 spiro atoms. The van der Waals surface area contributed by atoms with Crippen molar-refractivity contribution in [3.05, 3.63) is 109 Å². The van der Waals surface area contributed by atoms with E-state index < -0.39 is 0 Å². The molecule has 0 fully saturated rings. The molecule has 0 unspecified atom stereocenters. The van der Waals surface area contributed by atoms with Gasteiger partial charge in [0, 0.05) is 15.5 Å². The zero-order valence-corrected chi connectivity index (χ0v) is 16.1. The van der Waals surface area contributed by atoms with Gasteiger partial charge in [-0.1, -0.05) is 48.2 Å². The number of hydrogen-bond acceptors (Lipinski definition) is 4. The van der Waals surface area contributed by atoms with Crippen LogP contribution in [0.25, 0.3) is 0 Å². The van der Waals surface area contributed by atoms with E-state index in [4.69, 9.17) is 5.73 Å². The number of para-hydroxylation sites is 1. The van der Waals surface area contributed by atoms with E-state index in [9.17, 15) is 0 Å². The summed E-state index contributed by atoms with van der Waals surface area (Å²) >= 11 is 1.75. The zero-order chi connectivity index (χ0) is 19.2. The number of nitrogen functional groups attached to an aromatic ring is 1. The number of hydrogen-bond donors (Lipinski definition) is 2. The maximum absolute atomic E-state index is 5.86. The van der Waals surface area contributed by atoms with E-state index in [0.29, 0.717) is 0 Å². The summed E-state index contributed by atoms with van der Waals surface area (Å²) in [5.41, 5.74) is 13.2. The van der Waals surface area contributed by atoms with Crippen molar-refractivity contribution in [3.8, 4) is 0 Å². The molecule has 0 amide bonds. The minimum atomic E-state index is 0.749. The molecule has 3 nitrogen and oxygen atoms in total. The van der Waals surface area contributed by atoms with E-state index in [1.807, 2.05) is 48.5 Å². The van der Waals surface area contributed by atoms with Crippen LogP contribution in [-0.2, 0) is 0 Å². The van der Waals surface area contributed by atoms with Gasteiger partial charge < -0.3 is 5.73 Å². The average molecular weight is 384 g/mol. The van der Waals surface area contributed by atoms with Gasteiger partial charge in [0.1, 0.15) is 0 Å². The fraction of sp³-hybridized carbons (Fsp3) is 0. The SMILES string of the molecule is Nc1ccc(N(Nc2ccc(Sc3ccccc3)cc2)c2ccccc2)cc1. The molecule has 4 aromatic rings. The van der Waals surface area contributed by atoms with Gasteiger partial charge in [0.2, 0.25) is 0 Å². The van der Waals surface area contributed by atoms with Crippen LogP contribution in [0.4, 0.5) is 22.7 Å². The van der Waals surface area contributed by atoms with Crippen molar-refractivity contribution < 1.29 is 0 Å². The van der Waals surface area contributed by atoms with E-state index in [1.165, 1.54) is 9.79 Å². The summed E-state index contributed by atoms with van der Waals surface area (Å²) in [6, 6.07) is 36.9. The summed E-state index contributed by atoms with van der Waals surface area (Å²) < 4.78 is 0. The Kier molecular flexibility index (Phi) is 5.50. The van der Waals surface area contributed by atoms with Crippen molar-refractivity contribution in [1.29, 1.82) is 0 Å². The summed E-state index contributed by atoms with van der Waals surface area (Å²) in [6.07, 6.45) is 0. The molecular formula is C24H21N3S. The van der Waals surface area contributed by atoms with E-state index in [-0.39, 0.29) is 0 Å². The number of nitrogens with two attached hydrogens (primary N) is 1. The molecule has 0 radical (unpaired) electrons. The lowest BCUT2D eigenvalue weighted by atomic mass is 10.2. The number of anilines is 4. The Morgan fingerprint density at radius 2 is 1.11 bits per heavy atom. The van der Waals surface area contributed by atoms with Gasteiger partial charge in [-0.05, 0) is 72.8 Å². The molecule has 0 saturated heterocycles. The third kappa shape index (κ3) is 4.48. The minimum absolute atomic E-state index is 0.749. The van der Waals surface area contributed by atoms with Crippen LogP contribution in [0.1, 0.15) is 0 Å². The Morgan fingerprint density at radius 3 is 1.75 bits per heavy atom. The molecule has 3 N–H and O–H groups in total. The summed E-state index contributed by atoms with van der Waals surface area (Å²) in [4.78, 5) is 2.44. The Balaban J connectivity index is 1.56. The summed E-state index contributed by atoms with van der Waals surface area (Å²) in [6.45, 7) is 0. The largest absolute Gasteiger partial charge is 0.399 e. The molecule has 0 bridgehead atoms. The first-order valence-electron chi connectivity index (χ1n) is 9.08. The van der Waals surface area contributed by atoms with Gasteiger partial charge in [-0.3, -0.25) is 10.4 Å². The quantitative estimate of drug-likeness (QED) is 0.291. The summed E-state index contributed by atoms with van der Waals surface area (Å²) in [5, 5.41) is 2.05. The van der Waals surface area contributed by atoms with Crippen LogP contribution in [0.3, 0.4) is 0 Å². The highest BCUT2D eigenvalue weighted by molar-refractivity contribution is 7.99. The summed E-state index contributed by atoms with van der Waals surface area (Å²) in [7, 11) is 0. The van der Waals surface area contributed by atoms with Crippen molar-refractivity contribution in [2.24, 2.45) is 0 Å². The Hall–Kier alpha value is -3.37. The van der Waals surface area contributed by atoms with E-state index in [1.54, 1.807) is 11.8 Å². The van der Waals surface area contributed by atoms with Crippen molar-refractivity contribution in [1.82, 2.24) is 0 Å². The monoisotopic (exact) mass is 383 g/mol. The van der Waals surface area contributed by atoms with Crippen LogP contribution >= 0.6 is 11.8 Å². The molecular weight excluding hydrogens is 362 g/mol. The van der Waals surface area contributed by atoms with Crippen LogP contribution in [0.15, 0.2) is 119 Å². The van der Waals surface area contributed by atoms with Crippen LogP contribution in [0.5, 0.6) is 0 Å². The van der Waals surface area contributed by atoms with E-state index in [0.717, 1.165) is 22.7 Å². The van der Waals surface area contributed by atoms with Gasteiger partial charge in [-0.15, -0.1) is 0 Å². The first-order chi connectivity index (χ1) is 13.8. The number of nitrogens with one attached hydrogen (secondary N) is 1. The highest BCUT2D eigenvalue weighted by Gasteiger charge is 2.09. The zero-order valence-electron chi connectivity index (χ0n) is 15.3. The van der Waals surface area contributed by atoms with Crippen molar-refractivity contribution >= 4 is 34.5 Å². The van der Waals surface area contributed by atoms with Crippen LogP contribution in [0, 0.1) is 0 Å². The van der Waals surface area contributed by atoms with Gasteiger partial charge in [0.15, 0.2) is 0 Å². The molecule has 4 heteroatoms. The normalized spacial score (nSPS) is 10.4. The Morgan fingerprint density at radius 1 is 0.571 bits per heavy atom. The lowest BCUT2D eigenvalue weighted by molar-refractivity contribution is 1.16. The van der Waals surface area contributed by atoms with Crippen LogP contribution < -0.4 is 16.2 Å². The topological polar surface area (TPSA) is 41.3 Å². The lowest BCUT2D eigenvalue weighted by Gasteiger charge is -2.27. The molecule has 4 aromatic carbocycles. The summed E-state index contributed by atoms with van der Waals surface area (Å²) in [5.74, 6) is 0. The predicted molar refractivity (Wildman–Crippen MR) is 120 cm³/mol. The first kappa shape index (κ1) is 18.0. The number of benzene rings is 4. The number of rotatable bonds is 6. The van der Waals surface area contributed by atoms with Crippen molar-refractivity contribution in [2.75, 3.05) is 16.2 Å². The molecule has 0 heterocycles. The molecule has 0 saturated carbocycles. The van der Waals surface area contributed by atoms with Gasteiger partial charge >= 0.3 is 0 Å². The van der Waals surface area contributed by atoms with Gasteiger partial charge in [0.05, 0.1) is 17.1 Å². The molecule has 4 rings (SSSR count). The standard InChI is InChI=1S/C24H21N3S/c25-19-11-15-22(16-12-19)27(21-7-3-1-4-8-21)26-20-13-17-24(18-14-20)28-23-9-5-2-6-10-23/h1-18,26H,25H2. The lowest BCUT2D eigenvalue weighted by Crippen LogP contribution is -2.24. The predicted octanol–water partition coefficient (Wildman–Crippen LogP) is 6.59. The second-order valence-electron chi connectivity index (χ2n) is 6.31. The van der Waals surface area contributed by atoms with Crippen LogP contribution in [-0.4, -0.2) is 0 Å². The second-order valence-corrected chi connectivity index (χ2v) is 7.46. The molecule has 0 atom stereocenters. The molecule has 0 aliphatic heterocycles. The first-order valence-corrected chi connectivity index (χ1v) is 9.90. The number of hydrazine groups is 1. The second kappa shape index (κ2) is 8.55. The van der Waals surface area contributed by atoms with Crippen molar-refractivity contribution in [2.45, 2.75) is 9.79 Å². The maximum atomic E-state index is 5.86. The Labute approximate surface area is 169 Å². The van der Waals surface area contributed by atoms with Crippen LogP contribution in [0.2, 0.25) is 0 Å². The minimum Gasteiger partial charge on any atom is -0.399 e. The smallest absolute Gasteiger partial charge is 0.0632 e. The Bertz CT molecular complexity index is 1000. The highest BCUT2D eigenvalue weighted by atomic mass is 32.2. The highest BCUT2D eigenvalue weighted by Crippen LogP contribution is 2.30. The van der Waals surface area contributed by atoms with Crippen molar-refractivity contribution in [3.63, 3.8) is 0 Å². The molecule has 0 aliphatic carbocycles. The van der Waals surface area contributed by atoms with Gasteiger partial charge in [-0.2, -0.15) is 0 Å². The van der Waals surface area contributed by atoms with Gasteiger partial charge in [-0.25, -0.2) is 0 Å². The number of nitrogens with zero attached hydrogens (tertiary/aromatic N) is 1. The molecule has 0 aromatic heterocycles. The van der Waals surface area contributed by atoms with Gasteiger partial charge in [0.25, 0.3) is 0 Å². The van der Waals surface area contributed by atoms with E-state index in [2.05, 4.69) is 71.1 Å². The fourth-order valence-corrected chi connectivity index (χ4v) is 3.67. The fourth-order valence-electron chi connectivity index (χ4n) is 2.83. The third-order valence-electron chi connectivity index (χ3n) is 4.24.